The molecule has 3 rings (SSSR count). The zero-order valence-electron chi connectivity index (χ0n) is 11.5. The minimum Gasteiger partial charge on any atom is -0.462 e. The SMILES string of the molecule is CC1CC(c2ccccc2)C(c2ccccc2)C(=O)O1. The van der Waals surface area contributed by atoms with Gasteiger partial charge in [0.2, 0.25) is 0 Å². The lowest BCUT2D eigenvalue weighted by atomic mass is 9.77. The minimum absolute atomic E-state index is 0.0207. The monoisotopic (exact) mass is 266 g/mol. The topological polar surface area (TPSA) is 26.3 Å². The van der Waals surface area contributed by atoms with Crippen molar-refractivity contribution in [3.63, 3.8) is 0 Å². The van der Waals surface area contributed by atoms with Crippen LogP contribution in [0.1, 0.15) is 36.3 Å². The van der Waals surface area contributed by atoms with Gasteiger partial charge in [-0.1, -0.05) is 60.7 Å². The zero-order valence-corrected chi connectivity index (χ0v) is 11.5. The highest BCUT2D eigenvalue weighted by Gasteiger charge is 2.38. The van der Waals surface area contributed by atoms with Gasteiger partial charge in [0, 0.05) is 5.92 Å². The van der Waals surface area contributed by atoms with Gasteiger partial charge in [-0.15, -0.1) is 0 Å². The van der Waals surface area contributed by atoms with Crippen LogP contribution in [0.5, 0.6) is 0 Å². The van der Waals surface area contributed by atoms with Crippen molar-refractivity contribution in [2.24, 2.45) is 0 Å². The molecule has 3 unspecified atom stereocenters. The molecule has 102 valence electrons. The van der Waals surface area contributed by atoms with Crippen molar-refractivity contribution in [2.45, 2.75) is 31.3 Å². The lowest BCUT2D eigenvalue weighted by Gasteiger charge is -2.34. The highest BCUT2D eigenvalue weighted by atomic mass is 16.5. The van der Waals surface area contributed by atoms with Crippen LogP contribution in [-0.4, -0.2) is 12.1 Å². The van der Waals surface area contributed by atoms with E-state index in [0.29, 0.717) is 0 Å². The van der Waals surface area contributed by atoms with E-state index in [4.69, 9.17) is 4.74 Å². The van der Waals surface area contributed by atoms with Gasteiger partial charge < -0.3 is 4.74 Å². The second kappa shape index (κ2) is 5.49. The molecule has 0 radical (unpaired) electrons. The molecule has 0 saturated carbocycles. The van der Waals surface area contributed by atoms with E-state index < -0.39 is 0 Å². The summed E-state index contributed by atoms with van der Waals surface area (Å²) in [4.78, 5) is 12.4. The standard InChI is InChI=1S/C18H18O2/c1-13-12-16(14-8-4-2-5-9-14)17(18(19)20-13)15-10-6-3-7-11-15/h2-11,13,16-17H,12H2,1H3. The van der Waals surface area contributed by atoms with Crippen LogP contribution < -0.4 is 0 Å². The van der Waals surface area contributed by atoms with Gasteiger partial charge in [-0.25, -0.2) is 0 Å². The third kappa shape index (κ3) is 2.46. The maximum absolute atomic E-state index is 12.4. The van der Waals surface area contributed by atoms with Crippen LogP contribution in [0.4, 0.5) is 0 Å². The molecule has 1 saturated heterocycles. The van der Waals surface area contributed by atoms with E-state index in [1.807, 2.05) is 55.5 Å². The Morgan fingerprint density at radius 1 is 0.900 bits per heavy atom. The number of ether oxygens (including phenoxy) is 1. The van der Waals surface area contributed by atoms with Crippen molar-refractivity contribution in [2.75, 3.05) is 0 Å². The van der Waals surface area contributed by atoms with Crippen molar-refractivity contribution in [3.8, 4) is 0 Å². The molecule has 3 atom stereocenters. The van der Waals surface area contributed by atoms with Gasteiger partial charge in [-0.2, -0.15) is 0 Å². The molecule has 1 aliphatic rings. The first-order valence-electron chi connectivity index (χ1n) is 7.06. The number of hydrogen-bond acceptors (Lipinski definition) is 2. The average molecular weight is 266 g/mol. The van der Waals surface area contributed by atoms with Crippen molar-refractivity contribution in [3.05, 3.63) is 71.8 Å². The molecule has 1 fully saturated rings. The van der Waals surface area contributed by atoms with Crippen molar-refractivity contribution in [1.29, 1.82) is 0 Å². The number of benzene rings is 2. The second-order valence-electron chi connectivity index (χ2n) is 5.39. The number of rotatable bonds is 2. The molecule has 0 spiro atoms. The van der Waals surface area contributed by atoms with Crippen LogP contribution in [0.3, 0.4) is 0 Å². The van der Waals surface area contributed by atoms with E-state index in [1.165, 1.54) is 5.56 Å². The Morgan fingerprint density at radius 2 is 1.45 bits per heavy atom. The summed E-state index contributed by atoms with van der Waals surface area (Å²) in [5.74, 6) is -0.117. The average Bonchev–Trinajstić information content (AvgIpc) is 2.48. The van der Waals surface area contributed by atoms with Crippen molar-refractivity contribution >= 4 is 5.97 Å². The molecule has 1 heterocycles. The van der Waals surface area contributed by atoms with Crippen LogP contribution in [0.25, 0.3) is 0 Å². The summed E-state index contributed by atoms with van der Waals surface area (Å²) in [6, 6.07) is 20.2. The van der Waals surface area contributed by atoms with Crippen LogP contribution >= 0.6 is 0 Å². The zero-order chi connectivity index (χ0) is 13.9. The molecular weight excluding hydrogens is 248 g/mol. The van der Waals surface area contributed by atoms with Crippen LogP contribution in [-0.2, 0) is 9.53 Å². The Hall–Kier alpha value is -2.09. The summed E-state index contributed by atoms with van der Waals surface area (Å²) in [5, 5.41) is 0. The van der Waals surface area contributed by atoms with E-state index in [1.54, 1.807) is 0 Å². The maximum atomic E-state index is 12.4. The molecular formula is C18H18O2. The van der Waals surface area contributed by atoms with E-state index in [0.717, 1.165) is 12.0 Å². The Bertz CT molecular complexity index is 577. The Morgan fingerprint density at radius 3 is 2.05 bits per heavy atom. The lowest BCUT2D eigenvalue weighted by molar-refractivity contribution is -0.156. The third-order valence-corrected chi connectivity index (χ3v) is 3.95. The molecule has 0 N–H and O–H groups in total. The van der Waals surface area contributed by atoms with Gasteiger partial charge >= 0.3 is 5.97 Å². The highest BCUT2D eigenvalue weighted by Crippen LogP contribution is 2.41. The number of hydrogen-bond donors (Lipinski definition) is 0. The number of cyclic esters (lactones) is 1. The fourth-order valence-electron chi connectivity index (χ4n) is 3.04. The third-order valence-electron chi connectivity index (χ3n) is 3.95. The number of carbonyl (C=O) groups excluding carboxylic acids is 1. The van der Waals surface area contributed by atoms with E-state index in [2.05, 4.69) is 12.1 Å². The van der Waals surface area contributed by atoms with Gasteiger partial charge in [0.25, 0.3) is 0 Å². The largest absolute Gasteiger partial charge is 0.462 e. The molecule has 2 aromatic carbocycles. The number of esters is 1. The van der Waals surface area contributed by atoms with Crippen LogP contribution in [0.2, 0.25) is 0 Å². The van der Waals surface area contributed by atoms with E-state index in [9.17, 15) is 4.79 Å². The van der Waals surface area contributed by atoms with Gasteiger partial charge in [0.15, 0.2) is 0 Å². The predicted octanol–water partition coefficient (Wildman–Crippen LogP) is 3.89. The first-order valence-corrected chi connectivity index (χ1v) is 7.06. The maximum Gasteiger partial charge on any atom is 0.314 e. The first-order chi connectivity index (χ1) is 9.75. The molecule has 0 bridgehead atoms. The summed E-state index contributed by atoms with van der Waals surface area (Å²) in [6.07, 6.45) is 0.850. The summed E-state index contributed by atoms with van der Waals surface area (Å²) in [5.41, 5.74) is 2.25. The van der Waals surface area contributed by atoms with Crippen molar-refractivity contribution in [1.82, 2.24) is 0 Å². The molecule has 2 nitrogen and oxygen atoms in total. The summed E-state index contributed by atoms with van der Waals surface area (Å²) in [6.45, 7) is 1.97. The molecule has 0 aromatic heterocycles. The molecule has 0 amide bonds. The molecule has 2 heteroatoms. The van der Waals surface area contributed by atoms with Crippen LogP contribution in [0.15, 0.2) is 60.7 Å². The predicted molar refractivity (Wildman–Crippen MR) is 78.5 cm³/mol. The summed E-state index contributed by atoms with van der Waals surface area (Å²) < 4.78 is 5.47. The van der Waals surface area contributed by atoms with Gasteiger partial charge in [-0.05, 0) is 24.5 Å². The second-order valence-corrected chi connectivity index (χ2v) is 5.39. The summed E-state index contributed by atoms with van der Waals surface area (Å²) in [7, 11) is 0. The fourth-order valence-corrected chi connectivity index (χ4v) is 3.04. The quantitative estimate of drug-likeness (QED) is 0.771. The lowest BCUT2D eigenvalue weighted by Crippen LogP contribution is -2.34. The smallest absolute Gasteiger partial charge is 0.314 e. The summed E-state index contributed by atoms with van der Waals surface area (Å²) >= 11 is 0. The highest BCUT2D eigenvalue weighted by molar-refractivity contribution is 5.80. The van der Waals surface area contributed by atoms with E-state index in [-0.39, 0.29) is 23.9 Å². The van der Waals surface area contributed by atoms with Gasteiger partial charge in [0.1, 0.15) is 0 Å². The van der Waals surface area contributed by atoms with E-state index >= 15 is 0 Å². The fraction of sp³-hybridized carbons (Fsp3) is 0.278. The Kier molecular flexibility index (Phi) is 3.55. The Labute approximate surface area is 119 Å². The normalized spacial score (nSPS) is 26.1. The van der Waals surface area contributed by atoms with Crippen LogP contribution in [0, 0.1) is 0 Å². The number of carbonyl (C=O) groups is 1. The van der Waals surface area contributed by atoms with Crippen molar-refractivity contribution < 1.29 is 9.53 Å². The Balaban J connectivity index is 2.01. The molecule has 2 aromatic rings. The first kappa shape index (κ1) is 12.9. The van der Waals surface area contributed by atoms with Gasteiger partial charge in [0.05, 0.1) is 12.0 Å². The minimum atomic E-state index is -0.199. The molecule has 0 aliphatic carbocycles. The molecule has 1 aliphatic heterocycles. The van der Waals surface area contributed by atoms with Gasteiger partial charge in [-0.3, -0.25) is 4.79 Å². The molecule has 20 heavy (non-hydrogen) atoms.